The van der Waals surface area contributed by atoms with Crippen molar-refractivity contribution in [2.75, 3.05) is 7.11 Å². The second-order valence-electron chi connectivity index (χ2n) is 1.80. The highest BCUT2D eigenvalue weighted by Crippen LogP contribution is 2.17. The van der Waals surface area contributed by atoms with Crippen molar-refractivity contribution in [1.29, 1.82) is 5.26 Å². The minimum Gasteiger partial charge on any atom is -0.362 e. The molecule has 0 fully saturated rings. The van der Waals surface area contributed by atoms with E-state index in [-0.39, 0.29) is 0 Å². The van der Waals surface area contributed by atoms with E-state index in [1.54, 1.807) is 11.3 Å². The fraction of sp³-hybridized carbons (Fsp3) is 0.286. The normalized spacial score (nSPS) is 12.4. The Bertz CT molecular complexity index is 224. The van der Waals surface area contributed by atoms with Gasteiger partial charge in [0.2, 0.25) is 0 Å². The number of ether oxygens (including phenoxy) is 1. The van der Waals surface area contributed by atoms with E-state index >= 15 is 0 Å². The number of rotatable bonds is 2. The molecule has 0 spiro atoms. The molecule has 0 N–H and O–H groups in total. The van der Waals surface area contributed by atoms with Gasteiger partial charge in [-0.2, -0.15) is 16.6 Å². The van der Waals surface area contributed by atoms with E-state index in [0.29, 0.717) is 0 Å². The van der Waals surface area contributed by atoms with Crippen LogP contribution in [-0.2, 0) is 4.74 Å². The van der Waals surface area contributed by atoms with Crippen molar-refractivity contribution >= 4 is 11.3 Å². The van der Waals surface area contributed by atoms with Crippen molar-refractivity contribution in [3.63, 3.8) is 0 Å². The second kappa shape index (κ2) is 3.35. The Kier molecular flexibility index (Phi) is 2.43. The van der Waals surface area contributed by atoms with Crippen molar-refractivity contribution in [2.24, 2.45) is 0 Å². The van der Waals surface area contributed by atoms with Crippen LogP contribution in [0.5, 0.6) is 0 Å². The average Bonchev–Trinajstić information content (AvgIpc) is 2.43. The van der Waals surface area contributed by atoms with Crippen molar-refractivity contribution in [2.45, 2.75) is 6.10 Å². The van der Waals surface area contributed by atoms with Crippen LogP contribution in [0, 0.1) is 11.3 Å². The summed E-state index contributed by atoms with van der Waals surface area (Å²) >= 11 is 1.57. The first kappa shape index (κ1) is 7.26. The van der Waals surface area contributed by atoms with E-state index in [4.69, 9.17) is 10.00 Å². The molecule has 1 aromatic heterocycles. The lowest BCUT2D eigenvalue weighted by Gasteiger charge is -2.01. The third-order valence-corrected chi connectivity index (χ3v) is 1.90. The number of hydrogen-bond acceptors (Lipinski definition) is 3. The minimum absolute atomic E-state index is 0.397. The summed E-state index contributed by atoms with van der Waals surface area (Å²) in [5.41, 5.74) is 0.940. The zero-order valence-corrected chi connectivity index (χ0v) is 6.39. The van der Waals surface area contributed by atoms with E-state index in [1.807, 2.05) is 22.9 Å². The third-order valence-electron chi connectivity index (χ3n) is 1.20. The largest absolute Gasteiger partial charge is 0.362 e. The number of nitrogens with zero attached hydrogens (tertiary/aromatic N) is 1. The molecule has 0 aliphatic rings. The Labute approximate surface area is 63.7 Å². The highest BCUT2D eigenvalue weighted by molar-refractivity contribution is 7.07. The monoisotopic (exact) mass is 153 g/mol. The Hall–Kier alpha value is -0.850. The van der Waals surface area contributed by atoms with Gasteiger partial charge in [0.05, 0.1) is 6.07 Å². The van der Waals surface area contributed by atoms with Crippen LogP contribution in [0.3, 0.4) is 0 Å². The van der Waals surface area contributed by atoms with Crippen LogP contribution in [0.1, 0.15) is 11.7 Å². The maximum absolute atomic E-state index is 8.53. The van der Waals surface area contributed by atoms with Crippen LogP contribution in [0.15, 0.2) is 16.8 Å². The van der Waals surface area contributed by atoms with Gasteiger partial charge in [-0.3, -0.25) is 0 Å². The molecule has 0 radical (unpaired) electrons. The van der Waals surface area contributed by atoms with E-state index < -0.39 is 6.10 Å². The molecule has 52 valence electrons. The maximum Gasteiger partial charge on any atom is 0.169 e. The van der Waals surface area contributed by atoms with Gasteiger partial charge in [-0.25, -0.2) is 0 Å². The zero-order valence-electron chi connectivity index (χ0n) is 5.57. The van der Waals surface area contributed by atoms with Crippen LogP contribution in [0.2, 0.25) is 0 Å². The fourth-order valence-corrected chi connectivity index (χ4v) is 1.36. The predicted molar refractivity (Wildman–Crippen MR) is 39.7 cm³/mol. The predicted octanol–water partition coefficient (Wildman–Crippen LogP) is 1.96. The van der Waals surface area contributed by atoms with Gasteiger partial charge in [0.1, 0.15) is 0 Å². The van der Waals surface area contributed by atoms with Gasteiger partial charge in [0, 0.05) is 12.7 Å². The van der Waals surface area contributed by atoms with Crippen molar-refractivity contribution in [3.8, 4) is 6.07 Å². The van der Waals surface area contributed by atoms with Crippen LogP contribution < -0.4 is 0 Å². The summed E-state index contributed by atoms with van der Waals surface area (Å²) in [7, 11) is 1.53. The lowest BCUT2D eigenvalue weighted by Crippen LogP contribution is -1.94. The van der Waals surface area contributed by atoms with Gasteiger partial charge in [0.25, 0.3) is 0 Å². The Morgan fingerprint density at radius 3 is 3.00 bits per heavy atom. The summed E-state index contributed by atoms with van der Waals surface area (Å²) < 4.78 is 4.89. The van der Waals surface area contributed by atoms with Crippen molar-refractivity contribution in [1.82, 2.24) is 0 Å². The Balaban J connectivity index is 2.76. The van der Waals surface area contributed by atoms with E-state index in [0.717, 1.165) is 5.56 Å². The first-order chi connectivity index (χ1) is 4.88. The first-order valence-electron chi connectivity index (χ1n) is 2.83. The molecule has 10 heavy (non-hydrogen) atoms. The average molecular weight is 153 g/mol. The van der Waals surface area contributed by atoms with Gasteiger partial charge in [-0.15, -0.1) is 0 Å². The molecule has 0 saturated heterocycles. The molecular formula is C7H7NOS. The summed E-state index contributed by atoms with van der Waals surface area (Å²) in [4.78, 5) is 0. The molecule has 1 atom stereocenters. The number of thiophene rings is 1. The lowest BCUT2D eigenvalue weighted by molar-refractivity contribution is 0.149. The molecule has 0 aliphatic carbocycles. The van der Waals surface area contributed by atoms with E-state index in [9.17, 15) is 0 Å². The standard InChI is InChI=1S/C7H7NOS/c1-9-7(4-8)6-2-3-10-5-6/h2-3,5,7H,1H3. The number of methoxy groups -OCH3 is 1. The number of nitriles is 1. The van der Waals surface area contributed by atoms with Crippen LogP contribution in [0.4, 0.5) is 0 Å². The topological polar surface area (TPSA) is 33.0 Å². The molecule has 3 heteroatoms. The van der Waals surface area contributed by atoms with Crippen molar-refractivity contribution < 1.29 is 4.74 Å². The zero-order chi connectivity index (χ0) is 7.40. The molecule has 0 amide bonds. The quantitative estimate of drug-likeness (QED) is 0.650. The second-order valence-corrected chi connectivity index (χ2v) is 2.58. The maximum atomic E-state index is 8.53. The molecule has 1 heterocycles. The highest BCUT2D eigenvalue weighted by Gasteiger charge is 2.07. The molecule has 0 bridgehead atoms. The molecule has 1 aromatic rings. The SMILES string of the molecule is COC(C#N)c1ccsc1. The van der Waals surface area contributed by atoms with Gasteiger partial charge in [-0.05, 0) is 16.8 Å². The molecular weight excluding hydrogens is 146 g/mol. The van der Waals surface area contributed by atoms with Crippen molar-refractivity contribution in [3.05, 3.63) is 22.4 Å². The summed E-state index contributed by atoms with van der Waals surface area (Å²) in [5.74, 6) is 0. The van der Waals surface area contributed by atoms with E-state index in [2.05, 4.69) is 0 Å². The molecule has 1 rings (SSSR count). The van der Waals surface area contributed by atoms with E-state index in [1.165, 1.54) is 7.11 Å². The minimum atomic E-state index is -0.397. The third kappa shape index (κ3) is 1.35. The molecule has 2 nitrogen and oxygen atoms in total. The molecule has 0 aliphatic heterocycles. The lowest BCUT2D eigenvalue weighted by atomic mass is 10.2. The molecule has 1 unspecified atom stereocenters. The fourth-order valence-electron chi connectivity index (χ4n) is 0.688. The smallest absolute Gasteiger partial charge is 0.169 e. The van der Waals surface area contributed by atoms with Gasteiger partial charge >= 0.3 is 0 Å². The van der Waals surface area contributed by atoms with Crippen LogP contribution in [0.25, 0.3) is 0 Å². The first-order valence-corrected chi connectivity index (χ1v) is 3.77. The van der Waals surface area contributed by atoms with Gasteiger partial charge in [-0.1, -0.05) is 0 Å². The Morgan fingerprint density at radius 2 is 2.60 bits per heavy atom. The highest BCUT2D eigenvalue weighted by atomic mass is 32.1. The Morgan fingerprint density at radius 1 is 1.80 bits per heavy atom. The summed E-state index contributed by atoms with van der Waals surface area (Å²) in [6, 6.07) is 3.93. The number of hydrogen-bond donors (Lipinski definition) is 0. The summed E-state index contributed by atoms with van der Waals surface area (Å²) in [6.45, 7) is 0. The van der Waals surface area contributed by atoms with Gasteiger partial charge in [0.15, 0.2) is 6.10 Å². The molecule has 0 aromatic carbocycles. The van der Waals surface area contributed by atoms with Gasteiger partial charge < -0.3 is 4.74 Å². The molecule has 0 saturated carbocycles. The van der Waals surface area contributed by atoms with Crippen LogP contribution in [-0.4, -0.2) is 7.11 Å². The summed E-state index contributed by atoms with van der Waals surface area (Å²) in [6.07, 6.45) is -0.397. The summed E-state index contributed by atoms with van der Waals surface area (Å²) in [5, 5.41) is 12.4. The van der Waals surface area contributed by atoms with Crippen LogP contribution >= 0.6 is 11.3 Å².